The number of rotatable bonds is 7. The van der Waals surface area contributed by atoms with E-state index in [-0.39, 0.29) is 11.4 Å². The number of sulfonamides is 1. The average molecular weight is 562 g/mol. The highest BCUT2D eigenvalue weighted by molar-refractivity contribution is 7.92. The van der Waals surface area contributed by atoms with Crippen LogP contribution in [0.2, 0.25) is 0 Å². The van der Waals surface area contributed by atoms with Crippen molar-refractivity contribution >= 4 is 39.0 Å². The van der Waals surface area contributed by atoms with Crippen LogP contribution in [0.3, 0.4) is 0 Å². The van der Waals surface area contributed by atoms with Crippen LogP contribution in [0.5, 0.6) is 0 Å². The van der Waals surface area contributed by atoms with Gasteiger partial charge >= 0.3 is 0 Å². The van der Waals surface area contributed by atoms with Crippen LogP contribution in [-0.4, -0.2) is 42.0 Å². The first-order chi connectivity index (χ1) is 19.2. The van der Waals surface area contributed by atoms with Crippen molar-refractivity contribution in [2.24, 2.45) is 5.73 Å². The zero-order valence-electron chi connectivity index (χ0n) is 22.7. The Labute approximate surface area is 234 Å². The Morgan fingerprint density at radius 3 is 2.40 bits per heavy atom. The van der Waals surface area contributed by atoms with Gasteiger partial charge in [-0.25, -0.2) is 18.4 Å². The zero-order valence-corrected chi connectivity index (χ0v) is 23.5. The highest BCUT2D eigenvalue weighted by Gasteiger charge is 2.20. The lowest BCUT2D eigenvalue weighted by Gasteiger charge is -2.26. The Kier molecular flexibility index (Phi) is 9.34. The molecule has 5 rings (SSSR count). The van der Waals surface area contributed by atoms with Gasteiger partial charge in [-0.05, 0) is 97.7 Å². The van der Waals surface area contributed by atoms with E-state index >= 15 is 0 Å². The van der Waals surface area contributed by atoms with Gasteiger partial charge in [-0.3, -0.25) is 9.52 Å². The average Bonchev–Trinajstić information content (AvgIpc) is 2.94. The van der Waals surface area contributed by atoms with E-state index in [2.05, 4.69) is 34.1 Å². The quantitative estimate of drug-likeness (QED) is 0.221. The largest absolute Gasteiger partial charge is 0.483 e. The van der Waals surface area contributed by atoms with Crippen LogP contribution < -0.4 is 15.8 Å². The lowest BCUT2D eigenvalue weighted by atomic mass is 9.92. The number of aromatic nitrogens is 2. The molecule has 1 aliphatic rings. The molecule has 0 saturated heterocycles. The zero-order chi connectivity index (χ0) is 28.7. The third kappa shape index (κ3) is 6.94. The van der Waals surface area contributed by atoms with Crippen molar-refractivity contribution in [1.82, 2.24) is 9.97 Å². The van der Waals surface area contributed by atoms with E-state index in [0.29, 0.717) is 23.7 Å². The number of fused-ring (bicyclic) bond motifs is 1. The smallest absolute Gasteiger partial charge is 0.290 e. The molecule has 3 aromatic carbocycles. The number of nitrogens with two attached hydrogens (primary N) is 1. The molecule has 0 aliphatic heterocycles. The SMILES string of the molecule is CCc1cc(-c2ccc(NS(=O)(=O)c3ccccc3)cc2C)cc2cnc(NC3CCC(N)CC3)nc12.O=CO. The molecule has 1 saturated carbocycles. The molecule has 0 unspecified atom stereocenters. The van der Waals surface area contributed by atoms with Crippen molar-refractivity contribution in [3.8, 4) is 11.1 Å². The molecule has 210 valence electrons. The molecular weight excluding hydrogens is 526 g/mol. The fraction of sp³-hybridized carbons (Fsp3) is 0.300. The van der Waals surface area contributed by atoms with Crippen LogP contribution >= 0.6 is 0 Å². The molecule has 9 nitrogen and oxygen atoms in total. The molecule has 1 aromatic heterocycles. The van der Waals surface area contributed by atoms with Crippen LogP contribution in [0.4, 0.5) is 11.6 Å². The predicted molar refractivity (Wildman–Crippen MR) is 159 cm³/mol. The van der Waals surface area contributed by atoms with Gasteiger partial charge in [0.2, 0.25) is 5.95 Å². The van der Waals surface area contributed by atoms with Crippen LogP contribution in [0.15, 0.2) is 71.8 Å². The Hall–Kier alpha value is -4.02. The van der Waals surface area contributed by atoms with E-state index in [9.17, 15) is 8.42 Å². The highest BCUT2D eigenvalue weighted by Crippen LogP contribution is 2.32. The Bertz CT molecular complexity index is 1570. The van der Waals surface area contributed by atoms with Gasteiger partial charge in [0.15, 0.2) is 0 Å². The normalized spacial score (nSPS) is 17.0. The van der Waals surface area contributed by atoms with Gasteiger partial charge < -0.3 is 16.2 Å². The van der Waals surface area contributed by atoms with Crippen LogP contribution in [0.1, 0.15) is 43.7 Å². The molecule has 1 fully saturated rings. The van der Waals surface area contributed by atoms with E-state index in [4.69, 9.17) is 20.6 Å². The van der Waals surface area contributed by atoms with Crippen molar-refractivity contribution in [2.75, 3.05) is 10.0 Å². The Balaban J connectivity index is 0.00000118. The fourth-order valence-electron chi connectivity index (χ4n) is 5.02. The minimum Gasteiger partial charge on any atom is -0.483 e. The summed E-state index contributed by atoms with van der Waals surface area (Å²) in [5.74, 6) is 0.668. The minimum absolute atomic E-state index is 0.236. The van der Waals surface area contributed by atoms with Crippen molar-refractivity contribution in [3.05, 3.63) is 78.0 Å². The summed E-state index contributed by atoms with van der Waals surface area (Å²) in [5.41, 5.74) is 11.8. The standard InChI is InChI=1S/C29H33N5O2S.CH2O2/c1-3-20-16-21(17-22-18-31-29(33-28(20)22)32-24-11-9-23(30)10-12-24)27-14-13-25(15-19(27)2)34-37(35,36)26-7-5-4-6-8-26;2-1-3/h4-8,13-18,23-24,34H,3,9-12,30H2,1-2H3,(H,31,32,33);1H,(H,2,3). The van der Waals surface area contributed by atoms with Crippen LogP contribution in [-0.2, 0) is 21.2 Å². The maximum Gasteiger partial charge on any atom is 0.290 e. The molecule has 40 heavy (non-hydrogen) atoms. The molecule has 10 heteroatoms. The van der Waals surface area contributed by atoms with Gasteiger partial charge in [0.1, 0.15) is 0 Å². The first-order valence-electron chi connectivity index (χ1n) is 13.3. The number of anilines is 2. The summed E-state index contributed by atoms with van der Waals surface area (Å²) in [7, 11) is -3.64. The number of carbonyl (C=O) groups is 1. The van der Waals surface area contributed by atoms with E-state index in [1.54, 1.807) is 36.4 Å². The summed E-state index contributed by atoms with van der Waals surface area (Å²) >= 11 is 0. The summed E-state index contributed by atoms with van der Waals surface area (Å²) in [6.07, 6.45) is 6.87. The number of carboxylic acid groups (broad SMARTS) is 1. The van der Waals surface area contributed by atoms with Gasteiger partial charge in [-0.2, -0.15) is 0 Å². The summed E-state index contributed by atoms with van der Waals surface area (Å²) in [5, 5.41) is 11.4. The van der Waals surface area contributed by atoms with Crippen molar-refractivity contribution in [1.29, 1.82) is 0 Å². The third-order valence-corrected chi connectivity index (χ3v) is 8.49. The number of hydrogen-bond donors (Lipinski definition) is 4. The predicted octanol–water partition coefficient (Wildman–Crippen LogP) is 5.35. The first-order valence-corrected chi connectivity index (χ1v) is 14.8. The van der Waals surface area contributed by atoms with Gasteiger partial charge in [0.05, 0.1) is 10.4 Å². The van der Waals surface area contributed by atoms with Crippen molar-refractivity contribution < 1.29 is 18.3 Å². The van der Waals surface area contributed by atoms with Gasteiger partial charge in [0.25, 0.3) is 16.5 Å². The van der Waals surface area contributed by atoms with Crippen LogP contribution in [0, 0.1) is 6.92 Å². The second-order valence-corrected chi connectivity index (χ2v) is 11.6. The number of aryl methyl sites for hydroxylation is 2. The summed E-state index contributed by atoms with van der Waals surface area (Å²) in [4.78, 5) is 18.1. The molecule has 0 amide bonds. The van der Waals surface area contributed by atoms with Gasteiger partial charge in [-0.15, -0.1) is 0 Å². The summed E-state index contributed by atoms with van der Waals surface area (Å²) < 4.78 is 28.1. The van der Waals surface area contributed by atoms with E-state index in [1.807, 2.05) is 25.3 Å². The molecule has 1 heterocycles. The Morgan fingerprint density at radius 1 is 1.05 bits per heavy atom. The first kappa shape index (κ1) is 29.0. The fourth-order valence-corrected chi connectivity index (χ4v) is 6.10. The monoisotopic (exact) mass is 561 g/mol. The third-order valence-electron chi connectivity index (χ3n) is 7.09. The number of nitrogens with zero attached hydrogens (tertiary/aromatic N) is 2. The molecular formula is C30H35N5O4S. The molecule has 4 aromatic rings. The topological polar surface area (TPSA) is 147 Å². The van der Waals surface area contributed by atoms with E-state index < -0.39 is 10.0 Å². The molecule has 1 aliphatic carbocycles. The molecule has 0 atom stereocenters. The maximum absolute atomic E-state index is 12.7. The van der Waals surface area contributed by atoms with Crippen molar-refractivity contribution in [2.45, 2.75) is 62.9 Å². The lowest BCUT2D eigenvalue weighted by Crippen LogP contribution is -2.33. The van der Waals surface area contributed by atoms with E-state index in [1.165, 1.54) is 0 Å². The lowest BCUT2D eigenvalue weighted by molar-refractivity contribution is -0.122. The maximum atomic E-state index is 12.7. The molecule has 5 N–H and O–H groups in total. The summed E-state index contributed by atoms with van der Waals surface area (Å²) in [6, 6.07) is 19.0. The second kappa shape index (κ2) is 12.9. The second-order valence-electron chi connectivity index (χ2n) is 9.93. The minimum atomic E-state index is -3.64. The number of nitrogens with one attached hydrogen (secondary N) is 2. The number of hydrogen-bond acceptors (Lipinski definition) is 7. The van der Waals surface area contributed by atoms with Crippen molar-refractivity contribution in [3.63, 3.8) is 0 Å². The summed E-state index contributed by atoms with van der Waals surface area (Å²) in [6.45, 7) is 3.87. The number of benzene rings is 3. The molecule has 0 bridgehead atoms. The Morgan fingerprint density at radius 2 is 1.75 bits per heavy atom. The van der Waals surface area contributed by atoms with E-state index in [0.717, 1.165) is 65.3 Å². The molecule has 0 radical (unpaired) electrons. The van der Waals surface area contributed by atoms with Gasteiger partial charge in [-0.1, -0.05) is 31.2 Å². The molecule has 0 spiro atoms. The van der Waals surface area contributed by atoms with Crippen LogP contribution in [0.25, 0.3) is 22.0 Å². The van der Waals surface area contributed by atoms with Gasteiger partial charge in [0, 0.05) is 29.4 Å². The highest BCUT2D eigenvalue weighted by atomic mass is 32.2.